The van der Waals surface area contributed by atoms with Gasteiger partial charge in [-0.3, -0.25) is 14.8 Å². The van der Waals surface area contributed by atoms with E-state index < -0.39 is 23.3 Å². The van der Waals surface area contributed by atoms with E-state index in [4.69, 9.17) is 23.2 Å². The molecule has 0 saturated carbocycles. The molecule has 2 aromatic heterocycles. The first-order chi connectivity index (χ1) is 16.2. The molecule has 174 valence electrons. The van der Waals surface area contributed by atoms with E-state index in [1.807, 2.05) is 0 Å². The maximum atomic E-state index is 14.1. The van der Waals surface area contributed by atoms with Gasteiger partial charge in [0.2, 0.25) is 0 Å². The van der Waals surface area contributed by atoms with Gasteiger partial charge < -0.3 is 11.1 Å². The van der Waals surface area contributed by atoms with Crippen molar-refractivity contribution in [1.82, 2.24) is 14.8 Å². The molecule has 1 amide bonds. The Kier molecular flexibility index (Phi) is 6.14. The van der Waals surface area contributed by atoms with Crippen molar-refractivity contribution in [2.75, 3.05) is 10.3 Å². The lowest BCUT2D eigenvalue weighted by atomic mass is 10.1. The van der Waals surface area contributed by atoms with E-state index in [2.05, 4.69) is 15.4 Å². The molecule has 4 aromatic rings. The van der Waals surface area contributed by atoms with Crippen LogP contribution in [-0.2, 0) is 6.18 Å². The number of rotatable bonds is 5. The molecule has 0 aliphatic rings. The molecule has 2 aromatic carbocycles. The molecule has 34 heavy (non-hydrogen) atoms. The molecule has 2 heterocycles. The summed E-state index contributed by atoms with van der Waals surface area (Å²) in [4.78, 5) is 16.8. The zero-order chi connectivity index (χ0) is 24.5. The minimum absolute atomic E-state index is 0.0906. The second-order valence-corrected chi connectivity index (χ2v) is 7.47. The molecule has 0 aliphatic heterocycles. The predicted octanol–water partition coefficient (Wildman–Crippen LogP) is 4.46. The molecular formula is C22H17ClF3N7O. The van der Waals surface area contributed by atoms with Crippen LogP contribution < -0.4 is 21.9 Å². The Morgan fingerprint density at radius 2 is 1.91 bits per heavy atom. The van der Waals surface area contributed by atoms with Gasteiger partial charge >= 0.3 is 6.18 Å². The fourth-order valence-corrected chi connectivity index (χ4v) is 3.68. The molecule has 0 spiro atoms. The Balaban J connectivity index is 1.72. The van der Waals surface area contributed by atoms with Gasteiger partial charge in [0, 0.05) is 35.1 Å². The van der Waals surface area contributed by atoms with E-state index in [0.29, 0.717) is 21.1 Å². The van der Waals surface area contributed by atoms with Crippen LogP contribution in [0.5, 0.6) is 0 Å². The van der Waals surface area contributed by atoms with E-state index in [9.17, 15) is 18.0 Å². The SMILES string of the molecule is N/C=C\N(N)c1ccc(NC(=O)c2cnn(-c3cncc4ccccc34)c2C(F)(F)F)cc1Cl. The first kappa shape index (κ1) is 23.1. The zero-order valence-electron chi connectivity index (χ0n) is 17.3. The summed E-state index contributed by atoms with van der Waals surface area (Å²) in [5, 5.41) is 8.71. The maximum absolute atomic E-state index is 14.1. The minimum atomic E-state index is -4.88. The van der Waals surface area contributed by atoms with E-state index in [1.54, 1.807) is 24.3 Å². The van der Waals surface area contributed by atoms with Gasteiger partial charge in [0.05, 0.1) is 34.4 Å². The lowest BCUT2D eigenvalue weighted by molar-refractivity contribution is -0.143. The number of anilines is 2. The zero-order valence-corrected chi connectivity index (χ0v) is 18.0. The van der Waals surface area contributed by atoms with Gasteiger partial charge in [-0.25, -0.2) is 10.5 Å². The number of carbonyl (C=O) groups is 1. The minimum Gasteiger partial charge on any atom is -0.403 e. The number of nitrogens with two attached hydrogens (primary N) is 2. The van der Waals surface area contributed by atoms with Crippen LogP contribution in [0.4, 0.5) is 24.5 Å². The number of hydrogen-bond acceptors (Lipinski definition) is 6. The average Bonchev–Trinajstić information content (AvgIpc) is 3.25. The Bertz CT molecular complexity index is 1400. The van der Waals surface area contributed by atoms with Gasteiger partial charge in [0.25, 0.3) is 5.91 Å². The number of hydrogen-bond donors (Lipinski definition) is 3. The van der Waals surface area contributed by atoms with Crippen LogP contribution in [0, 0.1) is 0 Å². The summed E-state index contributed by atoms with van der Waals surface area (Å²) in [6, 6.07) is 11.1. The number of nitrogens with zero attached hydrogens (tertiary/aromatic N) is 4. The largest absolute Gasteiger partial charge is 0.434 e. The normalized spacial score (nSPS) is 11.8. The van der Waals surface area contributed by atoms with E-state index in [-0.39, 0.29) is 16.4 Å². The number of fused-ring (bicyclic) bond motifs is 1. The highest BCUT2D eigenvalue weighted by Crippen LogP contribution is 2.35. The van der Waals surface area contributed by atoms with Crippen LogP contribution in [0.15, 0.2) is 73.5 Å². The monoisotopic (exact) mass is 487 g/mol. The highest BCUT2D eigenvalue weighted by Gasteiger charge is 2.41. The highest BCUT2D eigenvalue weighted by atomic mass is 35.5. The van der Waals surface area contributed by atoms with Crippen LogP contribution in [-0.4, -0.2) is 20.7 Å². The lowest BCUT2D eigenvalue weighted by Gasteiger charge is -2.16. The number of aromatic nitrogens is 3. The van der Waals surface area contributed by atoms with E-state index in [0.717, 1.165) is 11.2 Å². The topological polar surface area (TPSA) is 115 Å². The summed E-state index contributed by atoms with van der Waals surface area (Å²) in [7, 11) is 0. The first-order valence-electron chi connectivity index (χ1n) is 9.72. The molecule has 8 nitrogen and oxygen atoms in total. The molecule has 0 atom stereocenters. The van der Waals surface area contributed by atoms with Crippen LogP contribution in [0.25, 0.3) is 16.5 Å². The molecular weight excluding hydrogens is 471 g/mol. The van der Waals surface area contributed by atoms with E-state index in [1.165, 1.54) is 43.0 Å². The summed E-state index contributed by atoms with van der Waals surface area (Å²) in [6.45, 7) is 0. The van der Waals surface area contributed by atoms with Crippen LogP contribution in [0.2, 0.25) is 5.02 Å². The van der Waals surface area contributed by atoms with Crippen molar-refractivity contribution in [3.8, 4) is 5.69 Å². The first-order valence-corrected chi connectivity index (χ1v) is 10.1. The number of halogens is 4. The third-order valence-corrected chi connectivity index (χ3v) is 5.19. The summed E-state index contributed by atoms with van der Waals surface area (Å²) in [5.74, 6) is 4.76. The van der Waals surface area contributed by atoms with E-state index >= 15 is 0 Å². The molecule has 0 aliphatic carbocycles. The summed E-state index contributed by atoms with van der Waals surface area (Å²) in [6.07, 6.45) is 1.33. The molecule has 0 radical (unpaired) electrons. The van der Waals surface area contributed by atoms with Gasteiger partial charge in [0.15, 0.2) is 5.69 Å². The number of carbonyl (C=O) groups excluding carboxylic acids is 1. The van der Waals surface area contributed by atoms with Gasteiger partial charge in [-0.15, -0.1) is 0 Å². The molecule has 0 fully saturated rings. The van der Waals surface area contributed by atoms with Gasteiger partial charge in [-0.2, -0.15) is 18.3 Å². The van der Waals surface area contributed by atoms with Crippen molar-refractivity contribution in [3.63, 3.8) is 0 Å². The smallest absolute Gasteiger partial charge is 0.403 e. The Hall–Kier alpha value is -4.09. The average molecular weight is 488 g/mol. The standard InChI is InChI=1S/C22H17ClF3N7O/c23-17-9-14(5-6-18(17)32(28)8-7-27)31-21(34)16-11-30-33(20(16)22(24,25)26)19-12-29-10-13-3-1-2-4-15(13)19/h1-12H,27-28H2,(H,31,34)/b8-7-. The number of nitrogens with one attached hydrogen (secondary N) is 1. The predicted molar refractivity (Wildman–Crippen MR) is 123 cm³/mol. The van der Waals surface area contributed by atoms with Gasteiger partial charge in [-0.05, 0) is 18.2 Å². The van der Waals surface area contributed by atoms with Crippen molar-refractivity contribution in [3.05, 3.63) is 89.7 Å². The fourth-order valence-electron chi connectivity index (χ4n) is 3.40. The number of benzene rings is 2. The van der Waals surface area contributed by atoms with Gasteiger partial charge in [-0.1, -0.05) is 35.9 Å². The van der Waals surface area contributed by atoms with Crippen LogP contribution in [0.1, 0.15) is 16.1 Å². The third kappa shape index (κ3) is 4.38. The van der Waals surface area contributed by atoms with Gasteiger partial charge in [0.1, 0.15) is 0 Å². The fraction of sp³-hybridized carbons (Fsp3) is 0.0455. The highest BCUT2D eigenvalue weighted by molar-refractivity contribution is 6.33. The Morgan fingerprint density at radius 3 is 2.62 bits per heavy atom. The summed E-state index contributed by atoms with van der Waals surface area (Å²) < 4.78 is 42.9. The molecule has 4 rings (SSSR count). The third-order valence-electron chi connectivity index (χ3n) is 4.89. The second-order valence-electron chi connectivity index (χ2n) is 7.07. The van der Waals surface area contributed by atoms with Crippen molar-refractivity contribution in [2.45, 2.75) is 6.18 Å². The van der Waals surface area contributed by atoms with Crippen molar-refractivity contribution in [2.24, 2.45) is 11.6 Å². The summed E-state index contributed by atoms with van der Waals surface area (Å²) in [5.41, 5.74) is 4.03. The Labute approximate surface area is 196 Å². The van der Waals surface area contributed by atoms with Crippen molar-refractivity contribution in [1.29, 1.82) is 0 Å². The van der Waals surface area contributed by atoms with Crippen molar-refractivity contribution < 1.29 is 18.0 Å². The maximum Gasteiger partial charge on any atom is 0.434 e. The number of hydrazine groups is 1. The molecule has 0 saturated heterocycles. The Morgan fingerprint density at radius 1 is 1.15 bits per heavy atom. The second kappa shape index (κ2) is 9.04. The number of alkyl halides is 3. The number of amides is 1. The van der Waals surface area contributed by atoms with Crippen LogP contribution >= 0.6 is 11.6 Å². The number of pyridine rings is 1. The molecule has 5 N–H and O–H groups in total. The van der Waals surface area contributed by atoms with Crippen LogP contribution in [0.3, 0.4) is 0 Å². The molecule has 0 unspecified atom stereocenters. The molecule has 0 bridgehead atoms. The quantitative estimate of drug-likeness (QED) is 0.283. The lowest BCUT2D eigenvalue weighted by Crippen LogP contribution is -2.25. The molecule has 12 heteroatoms. The van der Waals surface area contributed by atoms with Crippen molar-refractivity contribution >= 4 is 39.7 Å². The summed E-state index contributed by atoms with van der Waals surface area (Å²) >= 11 is 6.18.